The third-order valence-electron chi connectivity index (χ3n) is 4.35. The summed E-state index contributed by atoms with van der Waals surface area (Å²) in [6.07, 6.45) is 1.06. The molecule has 0 bridgehead atoms. The summed E-state index contributed by atoms with van der Waals surface area (Å²) in [7, 11) is -4.28. The van der Waals surface area contributed by atoms with Gasteiger partial charge in [0.1, 0.15) is 10.1 Å². The summed E-state index contributed by atoms with van der Waals surface area (Å²) < 4.78 is 33.3. The van der Waals surface area contributed by atoms with Crippen LogP contribution in [0, 0.1) is 0 Å². The van der Waals surface area contributed by atoms with Gasteiger partial charge in [0.25, 0.3) is 0 Å². The lowest BCUT2D eigenvalue weighted by Gasteiger charge is -2.13. The van der Waals surface area contributed by atoms with Gasteiger partial charge >= 0.3 is 0 Å². The van der Waals surface area contributed by atoms with E-state index in [0.29, 0.717) is 24.6 Å². The maximum absolute atomic E-state index is 11.4. The van der Waals surface area contributed by atoms with E-state index in [9.17, 15) is 13.0 Å². The molecule has 0 aromatic heterocycles. The first-order valence-corrected chi connectivity index (χ1v) is 11.3. The van der Waals surface area contributed by atoms with Gasteiger partial charge in [0.05, 0.1) is 0 Å². The molecule has 140 valence electrons. The second-order valence-electron chi connectivity index (χ2n) is 6.36. The van der Waals surface area contributed by atoms with Crippen LogP contribution in [0.15, 0.2) is 83.8 Å². The minimum Gasteiger partial charge on any atom is -0.744 e. The SMILES string of the molecule is CCCC([SH+]c1ccc(-c2ccc(-c3ccccc3)cc2)cc1)S(=O)(=O)[O-]. The Kier molecular flexibility index (Phi) is 6.37. The molecule has 0 N–H and O–H groups in total. The van der Waals surface area contributed by atoms with Crippen LogP contribution in [0.4, 0.5) is 0 Å². The first-order chi connectivity index (χ1) is 13.0. The lowest BCUT2D eigenvalue weighted by molar-refractivity contribution is 0.457. The average Bonchev–Trinajstić information content (AvgIpc) is 2.68. The highest BCUT2D eigenvalue weighted by molar-refractivity contribution is 8.00. The average molecular weight is 399 g/mol. The zero-order valence-electron chi connectivity index (χ0n) is 15.1. The van der Waals surface area contributed by atoms with Crippen molar-refractivity contribution in [1.29, 1.82) is 0 Å². The molecule has 3 aromatic carbocycles. The van der Waals surface area contributed by atoms with Crippen LogP contribution in [0.25, 0.3) is 22.3 Å². The van der Waals surface area contributed by atoms with Gasteiger partial charge in [0.2, 0.25) is 4.58 Å². The first-order valence-electron chi connectivity index (χ1n) is 8.89. The molecule has 3 aromatic rings. The number of rotatable bonds is 7. The van der Waals surface area contributed by atoms with Crippen LogP contribution in [0.3, 0.4) is 0 Å². The van der Waals surface area contributed by atoms with Crippen molar-refractivity contribution in [2.45, 2.75) is 29.2 Å². The Labute approximate surface area is 165 Å². The van der Waals surface area contributed by atoms with E-state index in [1.807, 2.05) is 49.4 Å². The first kappa shape index (κ1) is 19.7. The summed E-state index contributed by atoms with van der Waals surface area (Å²) in [6, 6.07) is 26.3. The predicted molar refractivity (Wildman–Crippen MR) is 113 cm³/mol. The van der Waals surface area contributed by atoms with E-state index in [2.05, 4.69) is 36.4 Å². The Bertz CT molecular complexity index is 964. The highest BCUT2D eigenvalue weighted by atomic mass is 32.3. The Morgan fingerprint density at radius 1 is 0.778 bits per heavy atom. The summed E-state index contributed by atoms with van der Waals surface area (Å²) in [6.45, 7) is 1.88. The van der Waals surface area contributed by atoms with Crippen molar-refractivity contribution in [3.05, 3.63) is 78.9 Å². The van der Waals surface area contributed by atoms with Crippen LogP contribution in [0.2, 0.25) is 0 Å². The highest BCUT2D eigenvalue weighted by Gasteiger charge is 2.24. The fraction of sp³-hybridized carbons (Fsp3) is 0.182. The standard InChI is InChI=1S/C22H22O3S2/c1-2-6-22(27(23,24)25)26-21-15-13-20(14-16-21)19-11-9-18(10-12-19)17-7-4-3-5-8-17/h3-5,7-16,22H,2,6H2,1H3,(H,23,24,25). The number of thiol groups is 1. The molecule has 0 fully saturated rings. The van der Waals surface area contributed by atoms with Gasteiger partial charge in [-0.3, -0.25) is 0 Å². The molecular formula is C22H22O3S2. The number of benzene rings is 3. The Balaban J connectivity index is 1.75. The molecule has 1 unspecified atom stereocenters. The molecule has 0 amide bonds. The maximum atomic E-state index is 11.4. The monoisotopic (exact) mass is 398 g/mol. The fourth-order valence-electron chi connectivity index (χ4n) is 2.91. The summed E-state index contributed by atoms with van der Waals surface area (Å²) in [5.41, 5.74) is 4.50. The third-order valence-corrected chi connectivity index (χ3v) is 7.49. The maximum Gasteiger partial charge on any atom is 0.208 e. The van der Waals surface area contributed by atoms with Crippen molar-refractivity contribution >= 4 is 21.9 Å². The molecule has 5 heteroatoms. The number of hydrogen-bond acceptors (Lipinski definition) is 3. The molecule has 27 heavy (non-hydrogen) atoms. The van der Waals surface area contributed by atoms with E-state index >= 15 is 0 Å². The molecule has 0 saturated carbocycles. The van der Waals surface area contributed by atoms with E-state index in [-0.39, 0.29) is 0 Å². The smallest absolute Gasteiger partial charge is 0.208 e. The molecule has 0 spiro atoms. The van der Waals surface area contributed by atoms with Gasteiger partial charge in [-0.1, -0.05) is 67.9 Å². The normalized spacial score (nSPS) is 12.7. The van der Waals surface area contributed by atoms with Gasteiger partial charge in [-0.05, 0) is 46.5 Å². The molecule has 0 aliphatic heterocycles. The van der Waals surface area contributed by atoms with Crippen molar-refractivity contribution in [3.63, 3.8) is 0 Å². The Morgan fingerprint density at radius 3 is 1.67 bits per heavy atom. The van der Waals surface area contributed by atoms with Gasteiger partial charge in [0, 0.05) is 18.2 Å². The Morgan fingerprint density at radius 2 is 1.22 bits per heavy atom. The van der Waals surface area contributed by atoms with Crippen molar-refractivity contribution in [3.8, 4) is 22.3 Å². The molecule has 0 radical (unpaired) electrons. The largest absolute Gasteiger partial charge is 0.744 e. The van der Waals surface area contributed by atoms with Crippen molar-refractivity contribution in [2.24, 2.45) is 0 Å². The van der Waals surface area contributed by atoms with Crippen LogP contribution in [-0.4, -0.2) is 17.6 Å². The topological polar surface area (TPSA) is 57.2 Å². The number of hydrogen-bond donors (Lipinski definition) is 0. The molecule has 0 saturated heterocycles. The van der Waals surface area contributed by atoms with Crippen LogP contribution in [0.1, 0.15) is 19.8 Å². The van der Waals surface area contributed by atoms with Gasteiger partial charge < -0.3 is 4.55 Å². The molecule has 0 aliphatic rings. The second-order valence-corrected chi connectivity index (χ2v) is 9.66. The lowest BCUT2D eigenvalue weighted by Crippen LogP contribution is -2.22. The van der Waals surface area contributed by atoms with E-state index in [4.69, 9.17) is 0 Å². The summed E-state index contributed by atoms with van der Waals surface area (Å²) in [4.78, 5) is 0.845. The predicted octanol–water partition coefficient (Wildman–Crippen LogP) is 4.87. The summed E-state index contributed by atoms with van der Waals surface area (Å²) in [5, 5.41) is 0. The zero-order chi connectivity index (χ0) is 19.3. The minimum absolute atomic E-state index is 0.385. The molecular weight excluding hydrogens is 376 g/mol. The van der Waals surface area contributed by atoms with Crippen LogP contribution < -0.4 is 0 Å². The summed E-state index contributed by atoms with van der Waals surface area (Å²) in [5.74, 6) is 0. The van der Waals surface area contributed by atoms with Crippen molar-refractivity contribution < 1.29 is 13.0 Å². The van der Waals surface area contributed by atoms with Gasteiger partial charge in [-0.15, -0.1) is 0 Å². The van der Waals surface area contributed by atoms with Gasteiger partial charge in [-0.2, -0.15) is 0 Å². The van der Waals surface area contributed by atoms with Crippen LogP contribution >= 0.6 is 0 Å². The van der Waals surface area contributed by atoms with Crippen molar-refractivity contribution in [2.75, 3.05) is 0 Å². The van der Waals surface area contributed by atoms with E-state index < -0.39 is 14.7 Å². The van der Waals surface area contributed by atoms with E-state index in [1.165, 1.54) is 5.56 Å². The molecule has 3 rings (SSSR count). The third kappa shape index (κ3) is 5.22. The zero-order valence-corrected chi connectivity index (χ0v) is 16.8. The molecule has 3 nitrogen and oxygen atoms in total. The van der Waals surface area contributed by atoms with Crippen LogP contribution in [-0.2, 0) is 21.9 Å². The van der Waals surface area contributed by atoms with Gasteiger partial charge in [0.15, 0.2) is 4.90 Å². The second kappa shape index (κ2) is 8.74. The molecule has 0 heterocycles. The molecule has 0 aliphatic carbocycles. The Hall–Kier alpha value is -2.08. The quantitative estimate of drug-likeness (QED) is 0.324. The van der Waals surface area contributed by atoms with Crippen molar-refractivity contribution in [1.82, 2.24) is 0 Å². The van der Waals surface area contributed by atoms with E-state index in [0.717, 1.165) is 21.6 Å². The lowest BCUT2D eigenvalue weighted by atomic mass is 10.0. The van der Waals surface area contributed by atoms with Crippen LogP contribution in [0.5, 0.6) is 0 Å². The minimum atomic E-state index is -4.28. The van der Waals surface area contributed by atoms with Gasteiger partial charge in [-0.25, -0.2) is 8.42 Å². The van der Waals surface area contributed by atoms with E-state index in [1.54, 1.807) is 0 Å². The fourth-order valence-corrected chi connectivity index (χ4v) is 5.36. The summed E-state index contributed by atoms with van der Waals surface area (Å²) >= 11 is 0.555. The molecule has 1 atom stereocenters. The highest BCUT2D eigenvalue weighted by Crippen LogP contribution is 2.26.